The van der Waals surface area contributed by atoms with Gasteiger partial charge in [0.25, 0.3) is 0 Å². The molecule has 0 N–H and O–H groups in total. The van der Waals surface area contributed by atoms with Gasteiger partial charge in [-0.3, -0.25) is 4.98 Å². The van der Waals surface area contributed by atoms with E-state index in [-0.39, 0.29) is 0 Å². The predicted octanol–water partition coefficient (Wildman–Crippen LogP) is 5.25. The Morgan fingerprint density at radius 1 is 0.870 bits per heavy atom. The lowest BCUT2D eigenvalue weighted by Gasteiger charge is -2.20. The van der Waals surface area contributed by atoms with Gasteiger partial charge in [-0.05, 0) is 49.2 Å². The van der Waals surface area contributed by atoms with Crippen LogP contribution < -0.4 is 4.90 Å². The fraction of sp³-hybridized carbons (Fsp3) is 0.190. The average molecular weight is 302 g/mol. The molecule has 23 heavy (non-hydrogen) atoms. The molecule has 3 aromatic rings. The Kier molecular flexibility index (Phi) is 4.72. The van der Waals surface area contributed by atoms with Gasteiger partial charge in [-0.2, -0.15) is 0 Å². The molecule has 0 amide bonds. The third kappa shape index (κ3) is 3.42. The number of aromatic nitrogens is 1. The first kappa shape index (κ1) is 15.3. The highest BCUT2D eigenvalue weighted by Gasteiger charge is 2.01. The van der Waals surface area contributed by atoms with E-state index in [4.69, 9.17) is 0 Å². The number of pyridine rings is 1. The van der Waals surface area contributed by atoms with Gasteiger partial charge in [-0.1, -0.05) is 42.5 Å². The van der Waals surface area contributed by atoms with Gasteiger partial charge in [0.05, 0.1) is 5.52 Å². The van der Waals surface area contributed by atoms with Crippen molar-refractivity contribution < 1.29 is 0 Å². The second-order valence-electron chi connectivity index (χ2n) is 5.51. The van der Waals surface area contributed by atoms with Crippen molar-refractivity contribution in [3.8, 4) is 0 Å². The second-order valence-corrected chi connectivity index (χ2v) is 5.51. The topological polar surface area (TPSA) is 16.1 Å². The zero-order valence-electron chi connectivity index (χ0n) is 13.7. The molecule has 0 aliphatic rings. The van der Waals surface area contributed by atoms with Crippen molar-refractivity contribution >= 4 is 28.7 Å². The zero-order chi connectivity index (χ0) is 16.1. The van der Waals surface area contributed by atoms with E-state index in [2.05, 4.69) is 78.3 Å². The summed E-state index contributed by atoms with van der Waals surface area (Å²) >= 11 is 0. The molecular weight excluding hydrogens is 280 g/mol. The van der Waals surface area contributed by atoms with Crippen LogP contribution in [-0.2, 0) is 0 Å². The van der Waals surface area contributed by atoms with E-state index in [0.29, 0.717) is 0 Å². The van der Waals surface area contributed by atoms with Crippen molar-refractivity contribution in [2.75, 3.05) is 18.0 Å². The van der Waals surface area contributed by atoms with Crippen molar-refractivity contribution in [3.05, 3.63) is 71.9 Å². The summed E-state index contributed by atoms with van der Waals surface area (Å²) < 4.78 is 0. The summed E-state index contributed by atoms with van der Waals surface area (Å²) in [5.74, 6) is 0. The van der Waals surface area contributed by atoms with Crippen molar-refractivity contribution in [1.29, 1.82) is 0 Å². The lowest BCUT2D eigenvalue weighted by atomic mass is 10.1. The Balaban J connectivity index is 1.85. The van der Waals surface area contributed by atoms with E-state index < -0.39 is 0 Å². The van der Waals surface area contributed by atoms with Crippen LogP contribution in [0.4, 0.5) is 5.69 Å². The SMILES string of the molecule is CCN(CC)c1ccc(/C=C/c2ccnc3ccccc23)cc1. The normalized spacial score (nSPS) is 11.2. The average Bonchev–Trinajstić information content (AvgIpc) is 2.62. The van der Waals surface area contributed by atoms with Crippen LogP contribution in [-0.4, -0.2) is 18.1 Å². The maximum absolute atomic E-state index is 4.41. The van der Waals surface area contributed by atoms with E-state index in [9.17, 15) is 0 Å². The Hall–Kier alpha value is -2.61. The number of rotatable bonds is 5. The first-order valence-electron chi connectivity index (χ1n) is 8.18. The summed E-state index contributed by atoms with van der Waals surface area (Å²) in [6.07, 6.45) is 6.19. The molecule has 116 valence electrons. The summed E-state index contributed by atoms with van der Waals surface area (Å²) in [6, 6.07) is 19.0. The Morgan fingerprint density at radius 3 is 2.35 bits per heavy atom. The molecule has 0 aliphatic heterocycles. The molecule has 0 bridgehead atoms. The fourth-order valence-corrected chi connectivity index (χ4v) is 2.83. The molecule has 1 heterocycles. The molecule has 0 spiro atoms. The predicted molar refractivity (Wildman–Crippen MR) is 101 cm³/mol. The fourth-order valence-electron chi connectivity index (χ4n) is 2.83. The summed E-state index contributed by atoms with van der Waals surface area (Å²) in [6.45, 7) is 6.45. The number of nitrogens with zero attached hydrogens (tertiary/aromatic N) is 2. The largest absolute Gasteiger partial charge is 0.372 e. The molecule has 0 unspecified atom stereocenters. The van der Waals surface area contributed by atoms with Crippen LogP contribution in [0.2, 0.25) is 0 Å². The zero-order valence-corrected chi connectivity index (χ0v) is 13.7. The lowest BCUT2D eigenvalue weighted by molar-refractivity contribution is 0.866. The lowest BCUT2D eigenvalue weighted by Crippen LogP contribution is -2.21. The summed E-state index contributed by atoms with van der Waals surface area (Å²) in [7, 11) is 0. The van der Waals surface area contributed by atoms with Crippen molar-refractivity contribution in [3.63, 3.8) is 0 Å². The smallest absolute Gasteiger partial charge is 0.0707 e. The minimum absolute atomic E-state index is 1.03. The van der Waals surface area contributed by atoms with E-state index in [1.807, 2.05) is 18.3 Å². The number of fused-ring (bicyclic) bond motifs is 1. The highest BCUT2D eigenvalue weighted by molar-refractivity contribution is 5.90. The monoisotopic (exact) mass is 302 g/mol. The molecule has 0 radical (unpaired) electrons. The molecule has 2 aromatic carbocycles. The molecule has 0 saturated carbocycles. The first-order chi connectivity index (χ1) is 11.3. The molecule has 0 fully saturated rings. The standard InChI is InChI=1S/C21H22N2/c1-3-23(4-2)19-13-10-17(11-14-19)9-12-18-15-16-22-21-8-6-5-7-20(18)21/h5-16H,3-4H2,1-2H3/b12-9+. The number of hydrogen-bond donors (Lipinski definition) is 0. The molecule has 2 heteroatoms. The van der Waals surface area contributed by atoms with E-state index in [1.165, 1.54) is 22.2 Å². The van der Waals surface area contributed by atoms with Crippen LogP contribution in [0.25, 0.3) is 23.1 Å². The highest BCUT2D eigenvalue weighted by Crippen LogP contribution is 2.20. The van der Waals surface area contributed by atoms with Crippen molar-refractivity contribution in [2.45, 2.75) is 13.8 Å². The number of hydrogen-bond acceptors (Lipinski definition) is 2. The van der Waals surface area contributed by atoms with E-state index >= 15 is 0 Å². The van der Waals surface area contributed by atoms with Gasteiger partial charge in [0, 0.05) is 30.4 Å². The van der Waals surface area contributed by atoms with Gasteiger partial charge < -0.3 is 4.90 Å². The quantitative estimate of drug-likeness (QED) is 0.640. The molecule has 0 atom stereocenters. The van der Waals surface area contributed by atoms with Gasteiger partial charge in [0.2, 0.25) is 0 Å². The molecule has 2 nitrogen and oxygen atoms in total. The van der Waals surface area contributed by atoms with Gasteiger partial charge in [0.15, 0.2) is 0 Å². The maximum atomic E-state index is 4.41. The van der Waals surface area contributed by atoms with Crippen LogP contribution in [0.5, 0.6) is 0 Å². The Morgan fingerprint density at radius 2 is 1.61 bits per heavy atom. The summed E-state index contributed by atoms with van der Waals surface area (Å²) in [4.78, 5) is 6.76. The van der Waals surface area contributed by atoms with Crippen molar-refractivity contribution in [1.82, 2.24) is 4.98 Å². The van der Waals surface area contributed by atoms with E-state index in [0.717, 1.165) is 18.6 Å². The number of anilines is 1. The molecule has 0 saturated heterocycles. The van der Waals surface area contributed by atoms with Gasteiger partial charge in [-0.15, -0.1) is 0 Å². The second kappa shape index (κ2) is 7.10. The van der Waals surface area contributed by atoms with Crippen molar-refractivity contribution in [2.24, 2.45) is 0 Å². The summed E-state index contributed by atoms with van der Waals surface area (Å²) in [5.41, 5.74) is 4.72. The van der Waals surface area contributed by atoms with Crippen LogP contribution >= 0.6 is 0 Å². The first-order valence-corrected chi connectivity index (χ1v) is 8.18. The van der Waals surface area contributed by atoms with E-state index in [1.54, 1.807) is 0 Å². The van der Waals surface area contributed by atoms with Crippen LogP contribution in [0.1, 0.15) is 25.0 Å². The van der Waals surface area contributed by atoms with Crippen LogP contribution in [0, 0.1) is 0 Å². The molecule has 3 rings (SSSR count). The molecule has 1 aromatic heterocycles. The third-order valence-corrected chi connectivity index (χ3v) is 4.16. The number of benzene rings is 2. The van der Waals surface area contributed by atoms with Gasteiger partial charge >= 0.3 is 0 Å². The number of para-hydroxylation sites is 1. The summed E-state index contributed by atoms with van der Waals surface area (Å²) in [5, 5.41) is 1.19. The maximum Gasteiger partial charge on any atom is 0.0707 e. The highest BCUT2D eigenvalue weighted by atomic mass is 15.1. The van der Waals surface area contributed by atoms with Crippen LogP contribution in [0.15, 0.2) is 60.8 Å². The molecule has 0 aliphatic carbocycles. The molecular formula is C21H22N2. The van der Waals surface area contributed by atoms with Gasteiger partial charge in [0.1, 0.15) is 0 Å². The van der Waals surface area contributed by atoms with Crippen LogP contribution in [0.3, 0.4) is 0 Å². The Labute approximate surface area is 138 Å². The van der Waals surface area contributed by atoms with Gasteiger partial charge in [-0.25, -0.2) is 0 Å². The third-order valence-electron chi connectivity index (χ3n) is 4.16. The Bertz CT molecular complexity index is 794. The minimum atomic E-state index is 1.03. The minimum Gasteiger partial charge on any atom is -0.372 e.